The molecule has 0 aliphatic rings. The molecule has 2 heteroatoms. The normalized spacial score (nSPS) is 7.33. The predicted molar refractivity (Wildman–Crippen MR) is 22.3 cm³/mol. The van der Waals surface area contributed by atoms with Gasteiger partial charge >= 0.3 is 17.1 Å². The van der Waals surface area contributed by atoms with Crippen molar-refractivity contribution in [2.75, 3.05) is 0 Å². The van der Waals surface area contributed by atoms with Gasteiger partial charge in [-0.25, -0.2) is 12.2 Å². The van der Waals surface area contributed by atoms with Crippen molar-refractivity contribution in [2.24, 2.45) is 0 Å². The molecule has 37 valence electrons. The van der Waals surface area contributed by atoms with Crippen molar-refractivity contribution in [3.63, 3.8) is 0 Å². The summed E-state index contributed by atoms with van der Waals surface area (Å²) in [6.07, 6.45) is 3.88. The zero-order valence-electron chi connectivity index (χ0n) is 3.11. The fourth-order valence-electron chi connectivity index (χ4n) is 0.0556. The molecule has 0 rings (SSSR count). The molecular weight excluding hydrogens is 126 g/mol. The maximum absolute atomic E-state index is 6.31. The van der Waals surface area contributed by atoms with Crippen LogP contribution in [0.25, 0.3) is 5.73 Å². The van der Waals surface area contributed by atoms with E-state index in [0.717, 1.165) is 6.20 Å². The minimum absolute atomic E-state index is 0. The molecule has 0 fully saturated rings. The van der Waals surface area contributed by atoms with E-state index in [-0.39, 0.29) is 17.1 Å². The van der Waals surface area contributed by atoms with Crippen molar-refractivity contribution in [3.05, 3.63) is 30.7 Å². The second-order valence-electron chi connectivity index (χ2n) is 0.552. The maximum Gasteiger partial charge on any atom is 2.00 e. The van der Waals surface area contributed by atoms with Crippen LogP contribution in [0.3, 0.4) is 0 Å². The van der Waals surface area contributed by atoms with Crippen LogP contribution in [0.1, 0.15) is 0 Å². The Balaban J connectivity index is 0. The van der Waals surface area contributed by atoms with E-state index >= 15 is 0 Å². The first-order chi connectivity index (χ1) is 2.41. The number of allylic oxidation sites excluding steroid dienone is 2. The zero-order chi connectivity index (χ0) is 4.12. The minimum atomic E-state index is 0. The fourth-order valence-corrected chi connectivity index (χ4v) is 0.0556. The summed E-state index contributed by atoms with van der Waals surface area (Å²) >= 11 is 0. The molecule has 0 atom stereocenters. The van der Waals surface area contributed by atoms with Crippen LogP contribution in [-0.2, 0) is 17.1 Å². The van der Waals surface area contributed by atoms with E-state index in [0.29, 0.717) is 0 Å². The molecular formula is C4H5CuN. The predicted octanol–water partition coefficient (Wildman–Crippen LogP) is 1.54. The summed E-state index contributed by atoms with van der Waals surface area (Å²) in [5.41, 5.74) is 6.31. The first kappa shape index (κ1) is 9.25. The maximum atomic E-state index is 6.31. The summed E-state index contributed by atoms with van der Waals surface area (Å²) in [6, 6.07) is 0. The van der Waals surface area contributed by atoms with Crippen LogP contribution in [0, 0.1) is 6.58 Å². The molecule has 0 heterocycles. The summed E-state index contributed by atoms with van der Waals surface area (Å²) in [5, 5.41) is 0. The topological polar surface area (TPSA) is 23.8 Å². The summed E-state index contributed by atoms with van der Waals surface area (Å²) in [5.74, 6) is 0. The molecule has 0 aromatic rings. The molecule has 6 heavy (non-hydrogen) atoms. The van der Waals surface area contributed by atoms with E-state index in [2.05, 4.69) is 0 Å². The van der Waals surface area contributed by atoms with Gasteiger partial charge in [-0.2, -0.15) is 0 Å². The second-order valence-corrected chi connectivity index (χ2v) is 0.552. The average Bonchev–Trinajstić information content (AvgIpc) is 1.41. The Morgan fingerprint density at radius 3 is 2.00 bits per heavy atom. The van der Waals surface area contributed by atoms with E-state index in [4.69, 9.17) is 12.3 Å². The number of rotatable bonds is 1. The quantitative estimate of drug-likeness (QED) is 0.292. The van der Waals surface area contributed by atoms with Crippen molar-refractivity contribution in [1.29, 1.82) is 0 Å². The van der Waals surface area contributed by atoms with Crippen molar-refractivity contribution < 1.29 is 17.1 Å². The van der Waals surface area contributed by atoms with Gasteiger partial charge in [0, 0.05) is 0 Å². The Bertz CT molecular complexity index is 49.5. The van der Waals surface area contributed by atoms with Crippen molar-refractivity contribution >= 4 is 0 Å². The van der Waals surface area contributed by atoms with Gasteiger partial charge in [-0.05, 0) is 0 Å². The molecule has 1 nitrogen and oxygen atoms in total. The van der Waals surface area contributed by atoms with E-state index in [1.54, 1.807) is 0 Å². The first-order valence-corrected chi connectivity index (χ1v) is 1.29. The van der Waals surface area contributed by atoms with Gasteiger partial charge in [-0.15, -0.1) is 0 Å². The molecule has 1 N–H and O–H groups in total. The number of hydrogen-bond donors (Lipinski definition) is 0. The van der Waals surface area contributed by atoms with Gasteiger partial charge in [0.1, 0.15) is 0 Å². The van der Waals surface area contributed by atoms with Gasteiger partial charge in [0.25, 0.3) is 0 Å². The molecule has 0 aliphatic carbocycles. The monoisotopic (exact) mass is 130 g/mol. The van der Waals surface area contributed by atoms with E-state index < -0.39 is 0 Å². The van der Waals surface area contributed by atoms with E-state index in [9.17, 15) is 0 Å². The third-order valence-corrected chi connectivity index (χ3v) is 0.207. The van der Waals surface area contributed by atoms with E-state index in [1.807, 2.05) is 0 Å². The van der Waals surface area contributed by atoms with Crippen LogP contribution in [0.15, 0.2) is 18.4 Å². The van der Waals surface area contributed by atoms with Gasteiger partial charge in [-0.1, -0.05) is 0 Å². The first-order valence-electron chi connectivity index (χ1n) is 1.29. The Kier molecular flexibility index (Phi) is 13.6. The molecule has 0 aromatic carbocycles. The second kappa shape index (κ2) is 8.84. The molecule has 0 aromatic heterocycles. The Labute approximate surface area is 48.4 Å². The number of nitrogens with one attached hydrogen (secondary N) is 1. The Morgan fingerprint density at radius 2 is 2.00 bits per heavy atom. The van der Waals surface area contributed by atoms with Crippen LogP contribution in [0.5, 0.6) is 0 Å². The third-order valence-electron chi connectivity index (χ3n) is 0.207. The Hall–Kier alpha value is -0.201. The van der Waals surface area contributed by atoms with Crippen LogP contribution in [-0.4, -0.2) is 0 Å². The van der Waals surface area contributed by atoms with Gasteiger partial charge in [0.05, 0.1) is 0 Å². The van der Waals surface area contributed by atoms with Crippen LogP contribution in [0.2, 0.25) is 0 Å². The van der Waals surface area contributed by atoms with Crippen LogP contribution >= 0.6 is 0 Å². The zero-order valence-corrected chi connectivity index (χ0v) is 4.05. The summed E-state index contributed by atoms with van der Waals surface area (Å²) < 4.78 is 0. The van der Waals surface area contributed by atoms with Gasteiger partial charge in [-0.3, -0.25) is 12.8 Å². The fraction of sp³-hybridized carbons (Fsp3) is 0. The van der Waals surface area contributed by atoms with Crippen molar-refractivity contribution in [3.8, 4) is 0 Å². The number of hydrogen-bond acceptors (Lipinski definition) is 0. The summed E-state index contributed by atoms with van der Waals surface area (Å²) in [6.45, 7) is 4.81. The molecule has 0 unspecified atom stereocenters. The van der Waals surface area contributed by atoms with Gasteiger partial charge < -0.3 is 5.73 Å². The molecule has 0 saturated carbocycles. The summed E-state index contributed by atoms with van der Waals surface area (Å²) in [7, 11) is 0. The molecule has 0 amide bonds. The van der Waals surface area contributed by atoms with Gasteiger partial charge in [0.2, 0.25) is 0 Å². The largest absolute Gasteiger partial charge is 2.00 e. The van der Waals surface area contributed by atoms with Gasteiger partial charge in [0.15, 0.2) is 0 Å². The van der Waals surface area contributed by atoms with Crippen LogP contribution < -0.4 is 0 Å². The smallest absolute Gasteiger partial charge is 0.720 e. The molecule has 0 spiro atoms. The Morgan fingerprint density at radius 1 is 1.50 bits per heavy atom. The molecule has 0 bridgehead atoms. The molecule has 1 radical (unpaired) electrons. The average molecular weight is 131 g/mol. The van der Waals surface area contributed by atoms with Crippen molar-refractivity contribution in [1.82, 2.24) is 0 Å². The summed E-state index contributed by atoms with van der Waals surface area (Å²) in [4.78, 5) is 0. The molecule has 0 saturated heterocycles. The SMILES string of the molecule is [CH-]=C/C=C\[NH-].[Cu+2]. The minimum Gasteiger partial charge on any atom is -0.720 e. The van der Waals surface area contributed by atoms with Crippen LogP contribution in [0.4, 0.5) is 0 Å². The van der Waals surface area contributed by atoms with Crippen molar-refractivity contribution in [2.45, 2.75) is 0 Å². The molecule has 0 aliphatic heterocycles. The van der Waals surface area contributed by atoms with E-state index in [1.165, 1.54) is 12.2 Å². The third kappa shape index (κ3) is 9.20. The standard InChI is InChI=1S/C4H5N.Cu/c1-2-3-4-5;/h1-5H;/q-2;+2/b4-3-;.